The molecule has 0 atom stereocenters. The number of likely N-dealkylation sites (N-methyl/N-ethyl adjacent to an activating group) is 2. The molecule has 0 aromatic rings. The minimum atomic E-state index is -0.0214. The van der Waals surface area contributed by atoms with E-state index in [1.165, 1.54) is 0 Å². The second-order valence-electron chi connectivity index (χ2n) is 6.66. The third-order valence-corrected chi connectivity index (χ3v) is 2.34. The Bertz CT molecular complexity index is 362. The summed E-state index contributed by atoms with van der Waals surface area (Å²) in [6.45, 7) is 9.36. The smallest absolute Gasteiger partial charge is 0.243 e. The van der Waals surface area contributed by atoms with Gasteiger partial charge in [0.25, 0.3) is 0 Å². The number of amides is 2. The van der Waals surface area contributed by atoms with Gasteiger partial charge in [-0.15, -0.1) is 0 Å². The number of carbonyl (C=O) groups excluding carboxylic acids is 2. The fourth-order valence-electron chi connectivity index (χ4n) is 1.41. The molecule has 140 valence electrons. The number of nitrogens with one attached hydrogen (secondary N) is 2. The van der Waals surface area contributed by atoms with Crippen molar-refractivity contribution < 1.29 is 9.59 Å². The highest BCUT2D eigenvalue weighted by molar-refractivity contribution is 5.88. The SMILES string of the molecule is CC(C)NC(=O)C=CCN(C)C.CC(C)NC(=O)C=CCN(C)C. The summed E-state index contributed by atoms with van der Waals surface area (Å²) >= 11 is 0. The van der Waals surface area contributed by atoms with Crippen LogP contribution in [-0.4, -0.2) is 75.0 Å². The standard InChI is InChI=1S/2C9H18N2O/c2*1-8(2)10-9(12)6-5-7-11(3)4/h2*5-6,8H,7H2,1-4H3,(H,10,12). The number of hydrogen-bond acceptors (Lipinski definition) is 4. The Morgan fingerprint density at radius 1 is 0.750 bits per heavy atom. The van der Waals surface area contributed by atoms with Crippen molar-refractivity contribution in [2.45, 2.75) is 39.8 Å². The van der Waals surface area contributed by atoms with E-state index in [0.717, 1.165) is 13.1 Å². The molecule has 2 N–H and O–H groups in total. The molecule has 0 aliphatic rings. The van der Waals surface area contributed by atoms with Crippen molar-refractivity contribution in [3.8, 4) is 0 Å². The van der Waals surface area contributed by atoms with E-state index >= 15 is 0 Å². The maximum atomic E-state index is 11.0. The van der Waals surface area contributed by atoms with Crippen molar-refractivity contribution in [1.29, 1.82) is 0 Å². The Morgan fingerprint density at radius 3 is 1.25 bits per heavy atom. The van der Waals surface area contributed by atoms with Gasteiger partial charge in [0.05, 0.1) is 0 Å². The van der Waals surface area contributed by atoms with Crippen molar-refractivity contribution in [2.24, 2.45) is 0 Å². The van der Waals surface area contributed by atoms with Gasteiger partial charge in [-0.3, -0.25) is 9.59 Å². The van der Waals surface area contributed by atoms with Crippen LogP contribution in [0.4, 0.5) is 0 Å². The molecule has 6 heteroatoms. The number of nitrogens with zero attached hydrogens (tertiary/aromatic N) is 2. The van der Waals surface area contributed by atoms with E-state index in [-0.39, 0.29) is 23.9 Å². The largest absolute Gasteiger partial charge is 0.350 e. The number of hydrogen-bond donors (Lipinski definition) is 2. The summed E-state index contributed by atoms with van der Waals surface area (Å²) in [5.41, 5.74) is 0. The summed E-state index contributed by atoms with van der Waals surface area (Å²) in [7, 11) is 7.85. The average Bonchev–Trinajstić information content (AvgIpc) is 2.36. The molecular formula is C18H36N4O2. The fourth-order valence-corrected chi connectivity index (χ4v) is 1.41. The Kier molecular flexibility index (Phi) is 15.3. The predicted molar refractivity (Wildman–Crippen MR) is 102 cm³/mol. The van der Waals surface area contributed by atoms with Gasteiger partial charge in [0.1, 0.15) is 0 Å². The van der Waals surface area contributed by atoms with E-state index in [0.29, 0.717) is 0 Å². The van der Waals surface area contributed by atoms with Crippen molar-refractivity contribution in [3.63, 3.8) is 0 Å². The Hall–Kier alpha value is -1.66. The normalized spacial score (nSPS) is 11.5. The first-order valence-electron chi connectivity index (χ1n) is 8.28. The quantitative estimate of drug-likeness (QED) is 0.653. The maximum absolute atomic E-state index is 11.0. The van der Waals surface area contributed by atoms with Gasteiger partial charge >= 0.3 is 0 Å². The molecule has 24 heavy (non-hydrogen) atoms. The van der Waals surface area contributed by atoms with E-state index in [1.54, 1.807) is 12.2 Å². The van der Waals surface area contributed by atoms with Gasteiger partial charge in [-0.1, -0.05) is 12.2 Å². The third-order valence-electron chi connectivity index (χ3n) is 2.34. The summed E-state index contributed by atoms with van der Waals surface area (Å²) in [6.07, 6.45) is 6.83. The summed E-state index contributed by atoms with van der Waals surface area (Å²) in [6, 6.07) is 0.419. The molecule has 0 heterocycles. The lowest BCUT2D eigenvalue weighted by molar-refractivity contribution is -0.117. The lowest BCUT2D eigenvalue weighted by atomic mass is 10.3. The molecule has 2 amide bonds. The molecule has 6 nitrogen and oxygen atoms in total. The lowest BCUT2D eigenvalue weighted by Gasteiger charge is -2.06. The molecule has 0 fully saturated rings. The topological polar surface area (TPSA) is 64.7 Å². The maximum Gasteiger partial charge on any atom is 0.243 e. The first-order chi connectivity index (χ1) is 11.0. The van der Waals surface area contributed by atoms with Crippen molar-refractivity contribution in [1.82, 2.24) is 20.4 Å². The Labute approximate surface area is 148 Å². The third kappa shape index (κ3) is 22.6. The van der Waals surface area contributed by atoms with E-state index in [2.05, 4.69) is 10.6 Å². The van der Waals surface area contributed by atoms with Crippen LogP contribution in [0.5, 0.6) is 0 Å². The fraction of sp³-hybridized carbons (Fsp3) is 0.667. The Balaban J connectivity index is 0. The van der Waals surface area contributed by atoms with Crippen LogP contribution in [0.3, 0.4) is 0 Å². The van der Waals surface area contributed by atoms with Crippen LogP contribution < -0.4 is 10.6 Å². The van der Waals surface area contributed by atoms with E-state index < -0.39 is 0 Å². The van der Waals surface area contributed by atoms with E-state index in [9.17, 15) is 9.59 Å². The van der Waals surface area contributed by atoms with Crippen LogP contribution in [0.25, 0.3) is 0 Å². The molecule has 0 aliphatic carbocycles. The molecular weight excluding hydrogens is 304 g/mol. The highest BCUT2D eigenvalue weighted by Crippen LogP contribution is 1.82. The van der Waals surface area contributed by atoms with Crippen molar-refractivity contribution in [2.75, 3.05) is 41.3 Å². The van der Waals surface area contributed by atoms with Gasteiger partial charge in [0.15, 0.2) is 0 Å². The zero-order valence-electron chi connectivity index (χ0n) is 16.6. The van der Waals surface area contributed by atoms with Gasteiger partial charge in [0.2, 0.25) is 11.8 Å². The van der Waals surface area contributed by atoms with Gasteiger partial charge < -0.3 is 20.4 Å². The zero-order valence-corrected chi connectivity index (χ0v) is 16.6. The van der Waals surface area contributed by atoms with Gasteiger partial charge in [-0.25, -0.2) is 0 Å². The molecule has 0 bridgehead atoms. The highest BCUT2D eigenvalue weighted by Gasteiger charge is 1.97. The van der Waals surface area contributed by atoms with Crippen molar-refractivity contribution in [3.05, 3.63) is 24.3 Å². The molecule has 0 radical (unpaired) electrons. The molecule has 0 unspecified atom stereocenters. The number of carbonyl (C=O) groups is 2. The molecule has 0 aromatic heterocycles. The second-order valence-corrected chi connectivity index (χ2v) is 6.66. The van der Waals surface area contributed by atoms with Crippen LogP contribution in [-0.2, 0) is 9.59 Å². The molecule has 0 saturated carbocycles. The van der Waals surface area contributed by atoms with Crippen LogP contribution >= 0.6 is 0 Å². The predicted octanol–water partition coefficient (Wildman–Crippen LogP) is 1.26. The Morgan fingerprint density at radius 2 is 1.04 bits per heavy atom. The molecule has 0 aromatic carbocycles. The molecule has 0 rings (SSSR count). The minimum absolute atomic E-state index is 0.0214. The van der Waals surface area contributed by atoms with Crippen molar-refractivity contribution >= 4 is 11.8 Å². The molecule has 0 aliphatic heterocycles. The summed E-state index contributed by atoms with van der Waals surface area (Å²) in [5, 5.41) is 5.54. The van der Waals surface area contributed by atoms with Crippen LogP contribution in [0.2, 0.25) is 0 Å². The average molecular weight is 341 g/mol. The van der Waals surface area contributed by atoms with Crippen LogP contribution in [0.15, 0.2) is 24.3 Å². The summed E-state index contributed by atoms with van der Waals surface area (Å²) in [4.78, 5) is 26.0. The molecule has 0 spiro atoms. The van der Waals surface area contributed by atoms with E-state index in [4.69, 9.17) is 0 Å². The first kappa shape index (κ1) is 24.6. The first-order valence-corrected chi connectivity index (χ1v) is 8.28. The van der Waals surface area contributed by atoms with E-state index in [1.807, 2.05) is 77.8 Å². The number of rotatable bonds is 8. The lowest BCUT2D eigenvalue weighted by Crippen LogP contribution is -2.28. The minimum Gasteiger partial charge on any atom is -0.350 e. The van der Waals surface area contributed by atoms with Gasteiger partial charge in [-0.2, -0.15) is 0 Å². The molecule has 0 saturated heterocycles. The zero-order chi connectivity index (χ0) is 19.1. The van der Waals surface area contributed by atoms with Gasteiger partial charge in [0, 0.05) is 37.3 Å². The van der Waals surface area contributed by atoms with Crippen LogP contribution in [0.1, 0.15) is 27.7 Å². The highest BCUT2D eigenvalue weighted by atomic mass is 16.2. The summed E-state index contributed by atoms with van der Waals surface area (Å²) in [5.74, 6) is -0.0429. The monoisotopic (exact) mass is 340 g/mol. The second kappa shape index (κ2) is 14.9. The van der Waals surface area contributed by atoms with Crippen LogP contribution in [0, 0.1) is 0 Å². The van der Waals surface area contributed by atoms with Gasteiger partial charge in [-0.05, 0) is 55.9 Å². The summed E-state index contributed by atoms with van der Waals surface area (Å²) < 4.78 is 0.